The van der Waals surface area contributed by atoms with Crippen molar-refractivity contribution >= 4 is 28.8 Å². The minimum absolute atomic E-state index is 0.00235. The zero-order valence-electron chi connectivity index (χ0n) is 29.2. The second-order valence-electron chi connectivity index (χ2n) is 16.0. The summed E-state index contributed by atoms with van der Waals surface area (Å²) in [5, 5.41) is 2.79. The second kappa shape index (κ2) is 12.9. The largest absolute Gasteiger partial charge is 0.471 e. The molecule has 1 aromatic carbocycles. The van der Waals surface area contributed by atoms with Crippen molar-refractivity contribution in [3.63, 3.8) is 0 Å². The van der Waals surface area contributed by atoms with Crippen LogP contribution in [-0.4, -0.2) is 63.5 Å². The van der Waals surface area contributed by atoms with Crippen LogP contribution in [0.25, 0.3) is 11.0 Å². The van der Waals surface area contributed by atoms with E-state index >= 15 is 8.78 Å². The van der Waals surface area contributed by atoms with Crippen LogP contribution >= 0.6 is 0 Å². The molecule has 0 radical (unpaired) electrons. The maximum Gasteiger partial charge on any atom is 0.416 e. The molecule has 1 N–H and O–H groups in total. The Morgan fingerprint density at radius 2 is 1.72 bits per heavy atom. The molecule has 274 valence electrons. The molecule has 4 aliphatic rings. The molecule has 9 nitrogen and oxygen atoms in total. The fraction of sp³-hybridized carbons (Fsp3) is 0.694. The van der Waals surface area contributed by atoms with Crippen LogP contribution in [0.4, 0.5) is 26.7 Å². The average molecular weight is 709 g/mol. The summed E-state index contributed by atoms with van der Waals surface area (Å²) in [5.41, 5.74) is -3.09. The lowest BCUT2D eigenvalue weighted by molar-refractivity contribution is -0.143. The summed E-state index contributed by atoms with van der Waals surface area (Å²) in [6.45, 7) is 10.1. The van der Waals surface area contributed by atoms with Crippen LogP contribution in [0.2, 0.25) is 0 Å². The van der Waals surface area contributed by atoms with Crippen LogP contribution < -0.4 is 10.1 Å². The van der Waals surface area contributed by atoms with Crippen molar-refractivity contribution in [2.24, 2.45) is 35.0 Å². The standard InChI is InChI=1S/C36H45F5N4O5/c1-17(2)28(46)27-18(3)26-16-45(27)32(47)30(34(4,5)6)44-33(48)50-25-14-19-13-22(19)21(25)9-7-8-12-35(37,38)29-31(49-26)43-24-15-20(36(39,40)41)10-11-23(24)42-29/h10-11,15,17-19,21-22,25-27,30H,7-9,12-14,16H2,1-6H3,(H,44,48). The molecule has 1 saturated heterocycles. The first-order chi connectivity index (χ1) is 23.3. The molecule has 2 aliphatic carbocycles. The Hall–Kier alpha value is -3.58. The Morgan fingerprint density at radius 1 is 1.00 bits per heavy atom. The Labute approximate surface area is 288 Å². The van der Waals surface area contributed by atoms with Crippen LogP contribution in [0.15, 0.2) is 18.2 Å². The Balaban J connectivity index is 1.44. The van der Waals surface area contributed by atoms with Gasteiger partial charge >= 0.3 is 12.3 Å². The fourth-order valence-electron chi connectivity index (χ4n) is 8.07. The molecular formula is C36H45F5N4O5. The summed E-state index contributed by atoms with van der Waals surface area (Å²) in [5.74, 6) is -5.58. The molecule has 3 heterocycles. The van der Waals surface area contributed by atoms with E-state index in [1.807, 2.05) is 0 Å². The number of carbonyl (C=O) groups is 3. The highest BCUT2D eigenvalue weighted by Crippen LogP contribution is 2.58. The van der Waals surface area contributed by atoms with Gasteiger partial charge in [-0.05, 0) is 67.1 Å². The number of Topliss-reactive ketones (excluding diaryl/α,β-unsaturated/α-hetero) is 1. The van der Waals surface area contributed by atoms with Crippen LogP contribution in [0.1, 0.15) is 91.3 Å². The molecule has 2 bridgehead atoms. The normalized spacial score (nSPS) is 31.9. The molecule has 2 aromatic rings. The topological polar surface area (TPSA) is 111 Å². The number of nitrogens with zero attached hydrogens (tertiary/aromatic N) is 3. The summed E-state index contributed by atoms with van der Waals surface area (Å²) in [7, 11) is 0. The van der Waals surface area contributed by atoms with E-state index in [2.05, 4.69) is 15.3 Å². The summed E-state index contributed by atoms with van der Waals surface area (Å²) < 4.78 is 85.2. The zero-order valence-corrected chi connectivity index (χ0v) is 29.2. The molecule has 14 heteroatoms. The van der Waals surface area contributed by atoms with Crippen molar-refractivity contribution < 1.29 is 45.8 Å². The fourth-order valence-corrected chi connectivity index (χ4v) is 8.07. The van der Waals surface area contributed by atoms with Gasteiger partial charge in [-0.1, -0.05) is 48.0 Å². The number of carbonyl (C=O) groups excluding carboxylic acids is 3. The SMILES string of the molecule is CC(C)C(=O)C1C(C)C2CN1C(=O)C(C(C)(C)C)NC(=O)OC1CC3CC3C1CCCCC(F)(F)c1nc3ccc(C(F)(F)F)cc3nc1O2. The number of rotatable bonds is 2. The van der Waals surface area contributed by atoms with Crippen LogP contribution in [0.3, 0.4) is 0 Å². The average Bonchev–Trinajstić information content (AvgIpc) is 3.59. The number of hydrogen-bond acceptors (Lipinski definition) is 7. The monoisotopic (exact) mass is 708 g/mol. The summed E-state index contributed by atoms with van der Waals surface area (Å²) in [4.78, 5) is 51.1. The molecule has 2 aliphatic heterocycles. The predicted octanol–water partition coefficient (Wildman–Crippen LogP) is 7.30. The van der Waals surface area contributed by atoms with E-state index < -0.39 is 89.2 Å². The number of fused-ring (bicyclic) bond motifs is 7. The minimum atomic E-state index is -4.71. The van der Waals surface area contributed by atoms with Crippen LogP contribution in [0.5, 0.6) is 5.88 Å². The third-order valence-electron chi connectivity index (χ3n) is 11.0. The van der Waals surface area contributed by atoms with E-state index in [0.29, 0.717) is 31.1 Å². The number of benzene rings is 1. The van der Waals surface area contributed by atoms with Crippen molar-refractivity contribution in [2.45, 2.75) is 116 Å². The Bertz CT molecular complexity index is 1660. The third kappa shape index (κ3) is 6.99. The molecule has 2 saturated carbocycles. The number of alkyl halides is 5. The van der Waals surface area contributed by atoms with Gasteiger partial charge in [0.25, 0.3) is 5.92 Å². The molecule has 0 spiro atoms. The molecule has 8 unspecified atom stereocenters. The number of aromatic nitrogens is 2. The van der Waals surface area contributed by atoms with Crippen molar-refractivity contribution in [1.82, 2.24) is 20.2 Å². The number of alkyl carbamates (subject to hydrolysis) is 1. The zero-order chi connectivity index (χ0) is 36.5. The van der Waals surface area contributed by atoms with Gasteiger partial charge in [0, 0.05) is 18.3 Å². The van der Waals surface area contributed by atoms with Gasteiger partial charge in [0.1, 0.15) is 18.2 Å². The van der Waals surface area contributed by atoms with Gasteiger partial charge in [-0.25, -0.2) is 14.8 Å². The first-order valence-corrected chi connectivity index (χ1v) is 17.5. The Kier molecular flexibility index (Phi) is 9.33. The quantitative estimate of drug-likeness (QED) is 0.326. The van der Waals surface area contributed by atoms with E-state index in [4.69, 9.17) is 9.47 Å². The minimum Gasteiger partial charge on any atom is -0.471 e. The predicted molar refractivity (Wildman–Crippen MR) is 172 cm³/mol. The number of nitrogens with one attached hydrogen (secondary N) is 1. The lowest BCUT2D eigenvalue weighted by Crippen LogP contribution is -2.58. The number of hydrogen-bond donors (Lipinski definition) is 1. The van der Waals surface area contributed by atoms with Crippen LogP contribution in [-0.2, 0) is 26.4 Å². The summed E-state index contributed by atoms with van der Waals surface area (Å²) >= 11 is 0. The van der Waals surface area contributed by atoms with E-state index in [1.54, 1.807) is 41.5 Å². The number of ketones is 1. The van der Waals surface area contributed by atoms with Gasteiger partial charge in [0.2, 0.25) is 11.8 Å². The van der Waals surface area contributed by atoms with Crippen molar-refractivity contribution in [3.05, 3.63) is 29.5 Å². The van der Waals surface area contributed by atoms with Gasteiger partial charge in [0.15, 0.2) is 11.5 Å². The second-order valence-corrected chi connectivity index (χ2v) is 16.0. The van der Waals surface area contributed by atoms with Crippen molar-refractivity contribution in [1.29, 1.82) is 0 Å². The maximum atomic E-state index is 16.2. The molecule has 6 rings (SSSR count). The summed E-state index contributed by atoms with van der Waals surface area (Å²) in [6.07, 6.45) is -4.79. The molecular weight excluding hydrogens is 663 g/mol. The number of amides is 2. The van der Waals surface area contributed by atoms with E-state index in [-0.39, 0.29) is 35.7 Å². The van der Waals surface area contributed by atoms with Crippen LogP contribution in [0, 0.1) is 35.0 Å². The highest BCUT2D eigenvalue weighted by molar-refractivity contribution is 5.94. The highest BCUT2D eigenvalue weighted by atomic mass is 19.4. The van der Waals surface area contributed by atoms with Crippen molar-refractivity contribution in [3.8, 4) is 5.88 Å². The maximum absolute atomic E-state index is 16.2. The van der Waals surface area contributed by atoms with E-state index in [1.165, 1.54) is 4.90 Å². The molecule has 1 aromatic heterocycles. The highest BCUT2D eigenvalue weighted by Gasteiger charge is 2.55. The van der Waals surface area contributed by atoms with Gasteiger partial charge in [-0.3, -0.25) is 9.59 Å². The third-order valence-corrected chi connectivity index (χ3v) is 11.0. The molecule has 2 amide bonds. The molecule has 3 fully saturated rings. The Morgan fingerprint density at radius 3 is 2.38 bits per heavy atom. The molecule has 50 heavy (non-hydrogen) atoms. The van der Waals surface area contributed by atoms with Gasteiger partial charge in [-0.15, -0.1) is 0 Å². The molecule has 8 atom stereocenters. The lowest BCUT2D eigenvalue weighted by Gasteiger charge is -2.36. The first-order valence-electron chi connectivity index (χ1n) is 17.5. The van der Waals surface area contributed by atoms with Gasteiger partial charge < -0.3 is 19.7 Å². The van der Waals surface area contributed by atoms with E-state index in [0.717, 1.165) is 24.6 Å². The number of halogens is 5. The summed E-state index contributed by atoms with van der Waals surface area (Å²) in [6, 6.07) is 0.353. The smallest absolute Gasteiger partial charge is 0.416 e. The first kappa shape index (κ1) is 36.2. The van der Waals surface area contributed by atoms with E-state index in [9.17, 15) is 27.6 Å². The van der Waals surface area contributed by atoms with Gasteiger partial charge in [0.05, 0.1) is 29.2 Å². The lowest BCUT2D eigenvalue weighted by atomic mass is 9.85. The van der Waals surface area contributed by atoms with Gasteiger partial charge in [-0.2, -0.15) is 22.0 Å². The van der Waals surface area contributed by atoms with Crippen molar-refractivity contribution in [2.75, 3.05) is 6.54 Å². The number of ether oxygens (including phenoxy) is 2.